The summed E-state index contributed by atoms with van der Waals surface area (Å²) in [6.45, 7) is 6.26. The number of methoxy groups -OCH3 is 1. The maximum absolute atomic E-state index is 13.1. The van der Waals surface area contributed by atoms with E-state index in [9.17, 15) is 9.59 Å². The van der Waals surface area contributed by atoms with Crippen molar-refractivity contribution in [3.63, 3.8) is 0 Å². The van der Waals surface area contributed by atoms with Gasteiger partial charge in [-0.2, -0.15) is 0 Å². The summed E-state index contributed by atoms with van der Waals surface area (Å²) >= 11 is 0. The second-order valence-electron chi connectivity index (χ2n) is 8.81. The molecule has 1 fully saturated rings. The van der Waals surface area contributed by atoms with Gasteiger partial charge in [-0.05, 0) is 49.9 Å². The number of likely N-dealkylation sites (tertiary alicyclic amines) is 1. The first kappa shape index (κ1) is 23.7. The van der Waals surface area contributed by atoms with Gasteiger partial charge in [-0.15, -0.1) is 0 Å². The Balaban J connectivity index is 1.30. The van der Waals surface area contributed by atoms with Crippen LogP contribution in [0.15, 0.2) is 48.5 Å². The van der Waals surface area contributed by atoms with E-state index in [1.807, 2.05) is 67.3 Å². The fourth-order valence-electron chi connectivity index (χ4n) is 4.62. The van der Waals surface area contributed by atoms with Gasteiger partial charge in [0.05, 0.1) is 13.7 Å². The molecule has 0 unspecified atom stereocenters. The minimum absolute atomic E-state index is 0.00162. The number of hydrogen-bond acceptors (Lipinski definition) is 4. The molecule has 0 radical (unpaired) electrons. The summed E-state index contributed by atoms with van der Waals surface area (Å²) in [4.78, 5) is 31.0. The van der Waals surface area contributed by atoms with Crippen LogP contribution in [0.2, 0.25) is 0 Å². The van der Waals surface area contributed by atoms with E-state index in [1.54, 1.807) is 7.11 Å². The van der Waals surface area contributed by atoms with Gasteiger partial charge in [-0.3, -0.25) is 9.59 Å². The van der Waals surface area contributed by atoms with Crippen LogP contribution in [-0.2, 0) is 11.3 Å². The van der Waals surface area contributed by atoms with Gasteiger partial charge in [0, 0.05) is 48.1 Å². The molecule has 0 aliphatic carbocycles. The summed E-state index contributed by atoms with van der Waals surface area (Å²) in [5, 5.41) is 4.05. The zero-order valence-corrected chi connectivity index (χ0v) is 20.1. The number of benzene rings is 2. The second-order valence-corrected chi connectivity index (χ2v) is 8.81. The number of para-hydroxylation sites is 1. The van der Waals surface area contributed by atoms with Gasteiger partial charge in [0.15, 0.2) is 0 Å². The lowest BCUT2D eigenvalue weighted by Gasteiger charge is -2.34. The molecular formula is C27H33N3O4. The number of ether oxygens (including phenoxy) is 2. The van der Waals surface area contributed by atoms with Crippen molar-refractivity contribution in [1.29, 1.82) is 0 Å². The number of carbonyl (C=O) groups is 2. The molecule has 0 saturated carbocycles. The van der Waals surface area contributed by atoms with Crippen LogP contribution in [0.3, 0.4) is 0 Å². The highest BCUT2D eigenvalue weighted by Crippen LogP contribution is 2.28. The number of amides is 2. The molecule has 1 aliphatic rings. The van der Waals surface area contributed by atoms with Gasteiger partial charge in [0.1, 0.15) is 17.2 Å². The van der Waals surface area contributed by atoms with Crippen LogP contribution >= 0.6 is 0 Å². The molecule has 0 spiro atoms. The Kier molecular flexibility index (Phi) is 7.40. The number of aromatic nitrogens is 1. The Morgan fingerprint density at radius 3 is 2.65 bits per heavy atom. The molecule has 3 aromatic rings. The molecule has 1 aromatic heterocycles. The topological polar surface area (TPSA) is 83.7 Å². The third-order valence-electron chi connectivity index (χ3n) is 6.73. The zero-order valence-electron chi connectivity index (χ0n) is 20.1. The van der Waals surface area contributed by atoms with Crippen LogP contribution in [0.4, 0.5) is 0 Å². The number of nitrogens with one attached hydrogen (secondary N) is 2. The molecule has 1 atom stereocenters. The minimum Gasteiger partial charge on any atom is -0.497 e. The number of H-pyrrole nitrogens is 1. The summed E-state index contributed by atoms with van der Waals surface area (Å²) in [6.07, 6.45) is 1.62. The van der Waals surface area contributed by atoms with Gasteiger partial charge in [-0.25, -0.2) is 0 Å². The molecule has 2 amide bonds. The van der Waals surface area contributed by atoms with Crippen molar-refractivity contribution in [2.45, 2.75) is 33.2 Å². The molecular weight excluding hydrogens is 430 g/mol. The predicted octanol–water partition coefficient (Wildman–Crippen LogP) is 4.38. The number of piperidine rings is 1. The summed E-state index contributed by atoms with van der Waals surface area (Å²) < 4.78 is 10.9. The standard InChI is InChI=1S/C27H33N3O4/c1-4-34-25-8-6-5-7-21(25)17-28-26(31)18(2)19-11-13-30(14-12-19)27(32)24-15-20-9-10-22(33-3)16-23(20)29-24/h5-10,15-16,18-19,29H,4,11-14,17H2,1-3H3,(H,28,31)/t18-/m1/s1. The molecule has 2 heterocycles. The average molecular weight is 464 g/mol. The highest BCUT2D eigenvalue weighted by atomic mass is 16.5. The molecule has 2 aromatic carbocycles. The van der Waals surface area contributed by atoms with Crippen molar-refractivity contribution in [3.8, 4) is 11.5 Å². The molecule has 7 nitrogen and oxygen atoms in total. The van der Waals surface area contributed by atoms with Crippen molar-refractivity contribution in [2.75, 3.05) is 26.8 Å². The van der Waals surface area contributed by atoms with Crippen molar-refractivity contribution < 1.29 is 19.1 Å². The molecule has 4 rings (SSSR count). The largest absolute Gasteiger partial charge is 0.497 e. The lowest BCUT2D eigenvalue weighted by Crippen LogP contribution is -2.42. The molecule has 180 valence electrons. The maximum atomic E-state index is 13.1. The normalized spacial score (nSPS) is 15.2. The van der Waals surface area contributed by atoms with Crippen molar-refractivity contribution in [2.24, 2.45) is 11.8 Å². The van der Waals surface area contributed by atoms with Gasteiger partial charge < -0.3 is 24.7 Å². The van der Waals surface area contributed by atoms with Gasteiger partial charge in [-0.1, -0.05) is 25.1 Å². The maximum Gasteiger partial charge on any atom is 0.270 e. The monoisotopic (exact) mass is 463 g/mol. The SMILES string of the molecule is CCOc1ccccc1CNC(=O)[C@H](C)C1CCN(C(=O)c2cc3ccc(OC)cc3[nH]2)CC1. The smallest absolute Gasteiger partial charge is 0.270 e. The summed E-state index contributed by atoms with van der Waals surface area (Å²) in [6, 6.07) is 15.4. The van der Waals surface area contributed by atoms with Crippen LogP contribution in [0.1, 0.15) is 42.7 Å². The van der Waals surface area contributed by atoms with Crippen molar-refractivity contribution in [3.05, 3.63) is 59.8 Å². The van der Waals surface area contributed by atoms with Crippen LogP contribution < -0.4 is 14.8 Å². The number of rotatable bonds is 8. The van der Waals surface area contributed by atoms with E-state index in [1.165, 1.54) is 0 Å². The molecule has 34 heavy (non-hydrogen) atoms. The van der Waals surface area contributed by atoms with Crippen molar-refractivity contribution in [1.82, 2.24) is 15.2 Å². The minimum atomic E-state index is -0.114. The zero-order chi connectivity index (χ0) is 24.1. The molecule has 1 aliphatic heterocycles. The van der Waals surface area contributed by atoms with Gasteiger partial charge in [0.25, 0.3) is 5.91 Å². The van der Waals surface area contributed by atoms with Crippen molar-refractivity contribution >= 4 is 22.7 Å². The fourth-order valence-corrected chi connectivity index (χ4v) is 4.62. The summed E-state index contributed by atoms with van der Waals surface area (Å²) in [5.41, 5.74) is 2.44. The highest BCUT2D eigenvalue weighted by molar-refractivity contribution is 5.98. The fraction of sp³-hybridized carbons (Fsp3) is 0.407. The quantitative estimate of drug-likeness (QED) is 0.519. The highest BCUT2D eigenvalue weighted by Gasteiger charge is 2.30. The first-order chi connectivity index (χ1) is 16.5. The number of fused-ring (bicyclic) bond motifs is 1. The lowest BCUT2D eigenvalue weighted by atomic mass is 9.84. The van der Waals surface area contributed by atoms with Gasteiger partial charge >= 0.3 is 0 Å². The Bertz CT molecular complexity index is 1150. The number of aromatic amines is 1. The Morgan fingerprint density at radius 2 is 1.91 bits per heavy atom. The number of hydrogen-bond donors (Lipinski definition) is 2. The summed E-state index contributed by atoms with van der Waals surface area (Å²) in [7, 11) is 1.63. The van der Waals surface area contributed by atoms with E-state index in [-0.39, 0.29) is 23.7 Å². The average Bonchev–Trinajstić information content (AvgIpc) is 3.30. The van der Waals surface area contributed by atoms with E-state index >= 15 is 0 Å². The molecule has 0 bridgehead atoms. The third-order valence-corrected chi connectivity index (χ3v) is 6.73. The number of carbonyl (C=O) groups excluding carboxylic acids is 2. The molecule has 1 saturated heterocycles. The Labute approximate surface area is 200 Å². The second kappa shape index (κ2) is 10.6. The van der Waals surface area contributed by atoms with E-state index in [0.717, 1.165) is 40.8 Å². The Hall–Kier alpha value is -3.48. The van der Waals surface area contributed by atoms with Crippen LogP contribution in [0, 0.1) is 11.8 Å². The Morgan fingerprint density at radius 1 is 1.15 bits per heavy atom. The van der Waals surface area contributed by atoms with Gasteiger partial charge in [0.2, 0.25) is 5.91 Å². The number of nitrogens with zero attached hydrogens (tertiary/aromatic N) is 1. The third kappa shape index (κ3) is 5.19. The van der Waals surface area contributed by atoms with E-state index in [4.69, 9.17) is 9.47 Å². The van der Waals surface area contributed by atoms with Crippen LogP contribution in [0.25, 0.3) is 10.9 Å². The first-order valence-electron chi connectivity index (χ1n) is 11.9. The van der Waals surface area contributed by atoms with Crippen LogP contribution in [-0.4, -0.2) is 48.5 Å². The van der Waals surface area contributed by atoms with Crippen LogP contribution in [0.5, 0.6) is 11.5 Å². The van der Waals surface area contributed by atoms with E-state index < -0.39 is 0 Å². The first-order valence-corrected chi connectivity index (χ1v) is 11.9. The molecule has 2 N–H and O–H groups in total. The van der Waals surface area contributed by atoms with E-state index in [2.05, 4.69) is 10.3 Å². The summed E-state index contributed by atoms with van der Waals surface area (Å²) in [5.74, 6) is 1.73. The molecule has 7 heteroatoms. The van der Waals surface area contributed by atoms with E-state index in [0.29, 0.717) is 31.9 Å². The lowest BCUT2D eigenvalue weighted by molar-refractivity contribution is -0.126. The predicted molar refractivity (Wildman–Crippen MR) is 132 cm³/mol.